The van der Waals surface area contributed by atoms with Gasteiger partial charge in [-0.1, -0.05) is 48.0 Å². The first-order valence-corrected chi connectivity index (χ1v) is 10.8. The van der Waals surface area contributed by atoms with Gasteiger partial charge in [-0.2, -0.15) is 5.10 Å². The first-order chi connectivity index (χ1) is 15.1. The Bertz CT molecular complexity index is 1190. The molecule has 3 aromatic carbocycles. The molecule has 0 aliphatic rings. The van der Waals surface area contributed by atoms with Crippen molar-refractivity contribution in [1.82, 2.24) is 9.78 Å². The molecule has 0 radical (unpaired) electrons. The highest BCUT2D eigenvalue weighted by atomic mass is 79.9. The van der Waals surface area contributed by atoms with Crippen LogP contribution in [0.1, 0.15) is 21.5 Å². The molecule has 7 heteroatoms. The SMILES string of the molecule is O=C(Nc1cnn(Cc2cccc(Cl)c2)c1)c1ccc(COc2ccccc2Br)cc1. The summed E-state index contributed by atoms with van der Waals surface area (Å²) in [5, 5.41) is 7.86. The molecule has 0 bridgehead atoms. The highest BCUT2D eigenvalue weighted by Gasteiger charge is 2.09. The summed E-state index contributed by atoms with van der Waals surface area (Å²) in [6, 6.07) is 22.6. The monoisotopic (exact) mass is 495 g/mol. The summed E-state index contributed by atoms with van der Waals surface area (Å²) in [5.74, 6) is 0.583. The number of hydrogen-bond donors (Lipinski definition) is 1. The van der Waals surface area contributed by atoms with Crippen LogP contribution >= 0.6 is 27.5 Å². The van der Waals surface area contributed by atoms with Crippen LogP contribution in [-0.2, 0) is 13.2 Å². The van der Waals surface area contributed by atoms with Gasteiger partial charge in [0.25, 0.3) is 5.91 Å². The van der Waals surface area contributed by atoms with E-state index in [-0.39, 0.29) is 5.91 Å². The summed E-state index contributed by atoms with van der Waals surface area (Å²) >= 11 is 9.49. The standard InChI is InChI=1S/C24H19BrClN3O2/c25-22-6-1-2-7-23(22)31-16-17-8-10-19(11-9-17)24(30)28-21-13-27-29(15-21)14-18-4-3-5-20(26)12-18/h1-13,15H,14,16H2,(H,28,30). The average molecular weight is 497 g/mol. The van der Waals surface area contributed by atoms with Crippen molar-refractivity contribution in [3.8, 4) is 5.75 Å². The molecule has 1 N–H and O–H groups in total. The minimum absolute atomic E-state index is 0.194. The molecule has 0 spiro atoms. The zero-order chi connectivity index (χ0) is 21.6. The smallest absolute Gasteiger partial charge is 0.255 e. The number of anilines is 1. The second-order valence-corrected chi connectivity index (χ2v) is 8.22. The zero-order valence-corrected chi connectivity index (χ0v) is 18.8. The Morgan fingerprint density at radius 1 is 1.03 bits per heavy atom. The highest BCUT2D eigenvalue weighted by Crippen LogP contribution is 2.24. The van der Waals surface area contributed by atoms with E-state index in [9.17, 15) is 4.79 Å². The molecule has 0 atom stereocenters. The van der Waals surface area contributed by atoms with Crippen LogP contribution in [0.15, 0.2) is 89.7 Å². The van der Waals surface area contributed by atoms with Crippen LogP contribution in [0, 0.1) is 0 Å². The van der Waals surface area contributed by atoms with Gasteiger partial charge in [-0.25, -0.2) is 0 Å². The van der Waals surface area contributed by atoms with Crippen molar-refractivity contribution >= 4 is 39.1 Å². The van der Waals surface area contributed by atoms with Crippen molar-refractivity contribution in [1.29, 1.82) is 0 Å². The number of amides is 1. The van der Waals surface area contributed by atoms with Crippen LogP contribution in [0.2, 0.25) is 5.02 Å². The third-order valence-electron chi connectivity index (χ3n) is 4.57. The summed E-state index contributed by atoms with van der Waals surface area (Å²) in [6.07, 6.45) is 3.42. The molecule has 31 heavy (non-hydrogen) atoms. The number of nitrogens with zero attached hydrogens (tertiary/aromatic N) is 2. The quantitative estimate of drug-likeness (QED) is 0.332. The third kappa shape index (κ3) is 5.75. The van der Waals surface area contributed by atoms with Crippen LogP contribution in [-0.4, -0.2) is 15.7 Å². The lowest BCUT2D eigenvalue weighted by molar-refractivity contribution is 0.102. The van der Waals surface area contributed by atoms with Gasteiger partial charge in [0, 0.05) is 16.8 Å². The maximum atomic E-state index is 12.6. The summed E-state index contributed by atoms with van der Waals surface area (Å²) in [6.45, 7) is 0.990. The molecule has 0 saturated heterocycles. The Balaban J connectivity index is 1.33. The predicted molar refractivity (Wildman–Crippen MR) is 126 cm³/mol. The van der Waals surface area contributed by atoms with Gasteiger partial charge in [-0.05, 0) is 63.5 Å². The van der Waals surface area contributed by atoms with Gasteiger partial charge in [0.05, 0.1) is 22.9 Å². The Morgan fingerprint density at radius 3 is 2.61 bits per heavy atom. The molecule has 4 rings (SSSR count). The van der Waals surface area contributed by atoms with Crippen molar-refractivity contribution < 1.29 is 9.53 Å². The number of hydrogen-bond acceptors (Lipinski definition) is 3. The topological polar surface area (TPSA) is 56.2 Å². The van der Waals surface area contributed by atoms with E-state index < -0.39 is 0 Å². The molecule has 0 aliphatic heterocycles. The van der Waals surface area contributed by atoms with E-state index in [1.165, 1.54) is 0 Å². The van der Waals surface area contributed by atoms with Crippen molar-refractivity contribution in [3.05, 3.63) is 111 Å². The van der Waals surface area contributed by atoms with Crippen LogP contribution in [0.3, 0.4) is 0 Å². The van der Waals surface area contributed by atoms with Gasteiger partial charge in [0.1, 0.15) is 12.4 Å². The van der Waals surface area contributed by atoms with Gasteiger partial charge in [-0.15, -0.1) is 0 Å². The Labute approximate surface area is 193 Å². The van der Waals surface area contributed by atoms with Crippen molar-refractivity contribution in [3.63, 3.8) is 0 Å². The third-order valence-corrected chi connectivity index (χ3v) is 5.46. The highest BCUT2D eigenvalue weighted by molar-refractivity contribution is 9.10. The molecular formula is C24H19BrClN3O2. The van der Waals surface area contributed by atoms with E-state index in [1.807, 2.05) is 60.7 Å². The molecule has 0 saturated carbocycles. The van der Waals surface area contributed by atoms with Crippen LogP contribution in [0.25, 0.3) is 0 Å². The van der Waals surface area contributed by atoms with Gasteiger partial charge < -0.3 is 10.1 Å². The molecular weight excluding hydrogens is 478 g/mol. The summed E-state index contributed by atoms with van der Waals surface area (Å²) in [4.78, 5) is 12.6. The minimum Gasteiger partial charge on any atom is -0.488 e. The molecule has 0 aliphatic carbocycles. The zero-order valence-electron chi connectivity index (χ0n) is 16.5. The number of para-hydroxylation sites is 1. The lowest BCUT2D eigenvalue weighted by Gasteiger charge is -2.09. The van der Waals surface area contributed by atoms with Gasteiger partial charge in [0.2, 0.25) is 0 Å². The maximum absolute atomic E-state index is 12.6. The molecule has 5 nitrogen and oxygen atoms in total. The van der Waals surface area contributed by atoms with E-state index >= 15 is 0 Å². The number of ether oxygens (including phenoxy) is 1. The fourth-order valence-electron chi connectivity index (χ4n) is 3.02. The normalized spacial score (nSPS) is 10.6. The molecule has 1 heterocycles. The number of benzene rings is 3. The Kier molecular flexibility index (Phi) is 6.70. The van der Waals surface area contributed by atoms with Gasteiger partial charge in [0.15, 0.2) is 0 Å². The number of halogens is 2. The van der Waals surface area contributed by atoms with E-state index in [0.29, 0.717) is 29.4 Å². The van der Waals surface area contributed by atoms with E-state index in [4.69, 9.17) is 16.3 Å². The van der Waals surface area contributed by atoms with Crippen LogP contribution in [0.5, 0.6) is 5.75 Å². The van der Waals surface area contributed by atoms with Gasteiger partial charge in [-0.3, -0.25) is 9.48 Å². The van der Waals surface area contributed by atoms with E-state index in [1.54, 1.807) is 29.2 Å². The predicted octanol–water partition coefficient (Wildman–Crippen LogP) is 6.18. The first-order valence-electron chi connectivity index (χ1n) is 9.61. The summed E-state index contributed by atoms with van der Waals surface area (Å²) < 4.78 is 8.47. The number of carbonyl (C=O) groups excluding carboxylic acids is 1. The maximum Gasteiger partial charge on any atom is 0.255 e. The minimum atomic E-state index is -0.194. The second-order valence-electron chi connectivity index (χ2n) is 6.93. The molecule has 156 valence electrons. The average Bonchev–Trinajstić information content (AvgIpc) is 3.20. The number of rotatable bonds is 7. The molecule has 4 aromatic rings. The molecule has 0 fully saturated rings. The fraction of sp³-hybridized carbons (Fsp3) is 0.0833. The fourth-order valence-corrected chi connectivity index (χ4v) is 3.63. The van der Waals surface area contributed by atoms with Crippen molar-refractivity contribution in [2.45, 2.75) is 13.2 Å². The Hall–Kier alpha value is -3.09. The lowest BCUT2D eigenvalue weighted by atomic mass is 10.1. The van der Waals surface area contributed by atoms with Gasteiger partial charge >= 0.3 is 0 Å². The van der Waals surface area contributed by atoms with Crippen LogP contribution in [0.4, 0.5) is 5.69 Å². The molecule has 1 aromatic heterocycles. The summed E-state index contributed by atoms with van der Waals surface area (Å²) in [5.41, 5.74) is 3.20. The first kappa shape index (κ1) is 21.2. The molecule has 0 unspecified atom stereocenters. The summed E-state index contributed by atoms with van der Waals surface area (Å²) in [7, 11) is 0. The van der Waals surface area contributed by atoms with E-state index in [0.717, 1.165) is 21.3 Å². The second kappa shape index (κ2) is 9.81. The van der Waals surface area contributed by atoms with Crippen molar-refractivity contribution in [2.24, 2.45) is 0 Å². The Morgan fingerprint density at radius 2 is 1.84 bits per heavy atom. The van der Waals surface area contributed by atoms with Crippen LogP contribution < -0.4 is 10.1 Å². The lowest BCUT2D eigenvalue weighted by Crippen LogP contribution is -2.11. The number of aromatic nitrogens is 2. The largest absolute Gasteiger partial charge is 0.488 e. The van der Waals surface area contributed by atoms with E-state index in [2.05, 4.69) is 26.3 Å². The van der Waals surface area contributed by atoms with Crippen molar-refractivity contribution in [2.75, 3.05) is 5.32 Å². The number of carbonyl (C=O) groups is 1. The number of nitrogens with one attached hydrogen (secondary N) is 1. The molecule has 1 amide bonds.